The van der Waals surface area contributed by atoms with Gasteiger partial charge in [-0.25, -0.2) is 16.8 Å². The van der Waals surface area contributed by atoms with Crippen LogP contribution in [-0.2, 0) is 39.1 Å². The van der Waals surface area contributed by atoms with Crippen molar-refractivity contribution in [3.05, 3.63) is 59.7 Å². The number of sulfonamides is 2. The van der Waals surface area contributed by atoms with Crippen LogP contribution >= 0.6 is 0 Å². The van der Waals surface area contributed by atoms with Crippen molar-refractivity contribution in [1.29, 1.82) is 0 Å². The van der Waals surface area contributed by atoms with Crippen molar-refractivity contribution >= 4 is 31.9 Å². The maximum Gasteiger partial charge on any atom is 0.243 e. The number of hydrogen-bond acceptors (Lipinski definition) is 10. The Morgan fingerprint density at radius 2 is 0.955 bits per heavy atom. The van der Waals surface area contributed by atoms with Gasteiger partial charge in [-0.3, -0.25) is 9.59 Å². The first-order chi connectivity index (χ1) is 20.9. The Labute approximate surface area is 258 Å². The van der Waals surface area contributed by atoms with Gasteiger partial charge in [0.2, 0.25) is 31.9 Å². The van der Waals surface area contributed by atoms with E-state index in [2.05, 4.69) is 9.44 Å². The summed E-state index contributed by atoms with van der Waals surface area (Å²) in [6.07, 6.45) is 0. The molecule has 2 saturated heterocycles. The van der Waals surface area contributed by atoms with Gasteiger partial charge in [-0.1, -0.05) is 35.4 Å². The van der Waals surface area contributed by atoms with Crippen molar-refractivity contribution in [2.45, 2.75) is 35.7 Å². The quantitative estimate of drug-likeness (QED) is 0.246. The highest BCUT2D eigenvalue weighted by atomic mass is 32.2. The summed E-state index contributed by atoms with van der Waals surface area (Å²) < 4.78 is 64.0. The van der Waals surface area contributed by atoms with Crippen LogP contribution < -0.4 is 9.44 Å². The van der Waals surface area contributed by atoms with E-state index in [1.54, 1.807) is 24.3 Å². The zero-order valence-corrected chi connectivity index (χ0v) is 26.3. The molecule has 2 aliphatic rings. The molecule has 14 nitrogen and oxygen atoms in total. The van der Waals surface area contributed by atoms with Crippen LogP contribution in [0.25, 0.3) is 0 Å². The third-order valence-corrected chi connectivity index (χ3v) is 9.84. The molecule has 0 radical (unpaired) electrons. The van der Waals surface area contributed by atoms with Crippen molar-refractivity contribution in [1.82, 2.24) is 19.2 Å². The molecule has 2 fully saturated rings. The van der Waals surface area contributed by atoms with Crippen LogP contribution in [-0.4, -0.2) is 127 Å². The van der Waals surface area contributed by atoms with Crippen molar-refractivity contribution in [3.63, 3.8) is 0 Å². The number of hydrogen-bond donors (Lipinski definition) is 4. The van der Waals surface area contributed by atoms with E-state index < -0.39 is 57.2 Å². The van der Waals surface area contributed by atoms with E-state index in [0.717, 1.165) is 11.1 Å². The minimum Gasteiger partial charge on any atom is -0.394 e. The normalized spacial score (nSPS) is 17.3. The Morgan fingerprint density at radius 3 is 1.23 bits per heavy atom. The lowest BCUT2D eigenvalue weighted by atomic mass is 10.2. The maximum atomic E-state index is 12.3. The first-order valence-electron chi connectivity index (χ1n) is 14.0. The van der Waals surface area contributed by atoms with Crippen LogP contribution in [0.4, 0.5) is 0 Å². The molecule has 16 heteroatoms. The number of carbonyl (C=O) groups is 2. The summed E-state index contributed by atoms with van der Waals surface area (Å²) in [5.41, 5.74) is 1.86. The van der Waals surface area contributed by atoms with E-state index in [9.17, 15) is 36.6 Å². The topological polar surface area (TPSA) is 192 Å². The standard InChI is InChI=1S/2C14H20N2O5S/c2*1-11-2-4-12(5-3-11)22(19,20)15-13(10-17)14(18)16-6-8-21-9-7-16/h2*2-5,13,15,17H,6-10H2,1H3/t2*13-/m00/s1. The van der Waals surface area contributed by atoms with Crippen LogP contribution in [0.2, 0.25) is 0 Å². The summed E-state index contributed by atoms with van der Waals surface area (Å²) >= 11 is 0. The maximum absolute atomic E-state index is 12.3. The van der Waals surface area contributed by atoms with Crippen LogP contribution in [0.15, 0.2) is 58.3 Å². The van der Waals surface area contributed by atoms with Crippen molar-refractivity contribution in [2.75, 3.05) is 65.8 Å². The highest BCUT2D eigenvalue weighted by Crippen LogP contribution is 2.13. The molecule has 2 atom stereocenters. The third-order valence-electron chi connectivity index (χ3n) is 6.86. The van der Waals surface area contributed by atoms with E-state index in [4.69, 9.17) is 9.47 Å². The number of aryl methyl sites for hydroxylation is 2. The van der Waals surface area contributed by atoms with E-state index >= 15 is 0 Å². The molecule has 4 N–H and O–H groups in total. The fraction of sp³-hybridized carbons (Fsp3) is 0.500. The summed E-state index contributed by atoms with van der Waals surface area (Å²) in [5, 5.41) is 18.8. The molecular formula is C28H40N4O10S2. The van der Waals surface area contributed by atoms with Crippen molar-refractivity contribution in [3.8, 4) is 0 Å². The molecule has 2 aromatic carbocycles. The SMILES string of the molecule is Cc1ccc(S(=O)(=O)N[C@@H](CO)C(=O)N2CCOCC2)cc1.Cc1ccc(S(=O)(=O)N[C@@H](CO)C(=O)N2CCOCC2)cc1. The summed E-state index contributed by atoms with van der Waals surface area (Å²) in [6, 6.07) is 10.2. The molecule has 0 aromatic heterocycles. The Kier molecular flexibility index (Phi) is 13.2. The number of morpholine rings is 2. The number of amides is 2. The molecular weight excluding hydrogens is 616 g/mol. The second-order valence-electron chi connectivity index (χ2n) is 10.2. The highest BCUT2D eigenvalue weighted by molar-refractivity contribution is 7.89. The van der Waals surface area contributed by atoms with Crippen LogP contribution in [0.3, 0.4) is 0 Å². The molecule has 0 saturated carbocycles. The van der Waals surface area contributed by atoms with Gasteiger partial charge in [-0.2, -0.15) is 9.44 Å². The summed E-state index contributed by atoms with van der Waals surface area (Å²) in [5.74, 6) is -0.886. The monoisotopic (exact) mass is 656 g/mol. The summed E-state index contributed by atoms with van der Waals surface area (Å²) in [6.45, 7) is 5.71. The molecule has 2 aliphatic heterocycles. The largest absolute Gasteiger partial charge is 0.394 e. The lowest BCUT2D eigenvalue weighted by molar-refractivity contribution is -0.138. The van der Waals surface area contributed by atoms with Gasteiger partial charge in [0, 0.05) is 26.2 Å². The number of ether oxygens (including phenoxy) is 2. The Bertz CT molecular complexity index is 1330. The molecule has 0 unspecified atom stereocenters. The molecule has 2 aromatic rings. The van der Waals surface area contributed by atoms with Crippen LogP contribution in [0.1, 0.15) is 11.1 Å². The second kappa shape index (κ2) is 16.4. The molecule has 0 aliphatic carbocycles. The molecule has 0 spiro atoms. The first kappa shape index (κ1) is 35.5. The van der Waals surface area contributed by atoms with E-state index in [1.807, 2.05) is 13.8 Å². The second-order valence-corrected chi connectivity index (χ2v) is 13.6. The Morgan fingerprint density at radius 1 is 0.659 bits per heavy atom. The molecule has 44 heavy (non-hydrogen) atoms. The minimum atomic E-state index is -3.86. The average Bonchev–Trinajstić information content (AvgIpc) is 3.03. The zero-order valence-electron chi connectivity index (χ0n) is 24.7. The lowest BCUT2D eigenvalue weighted by Crippen LogP contribution is -2.53. The zero-order chi connectivity index (χ0) is 32.3. The number of nitrogens with one attached hydrogen (secondary N) is 2. The van der Waals surface area contributed by atoms with Gasteiger partial charge in [0.1, 0.15) is 12.1 Å². The number of rotatable bonds is 10. The smallest absolute Gasteiger partial charge is 0.243 e. The number of carbonyl (C=O) groups excluding carboxylic acids is 2. The molecule has 2 heterocycles. The van der Waals surface area contributed by atoms with Gasteiger partial charge in [0.05, 0.1) is 49.4 Å². The van der Waals surface area contributed by atoms with Crippen LogP contribution in [0.5, 0.6) is 0 Å². The molecule has 0 bridgehead atoms. The van der Waals surface area contributed by atoms with Crippen molar-refractivity contribution < 1.29 is 46.1 Å². The van der Waals surface area contributed by atoms with Gasteiger partial charge in [-0.05, 0) is 38.1 Å². The van der Waals surface area contributed by atoms with E-state index in [1.165, 1.54) is 34.1 Å². The first-order valence-corrected chi connectivity index (χ1v) is 17.0. The predicted octanol–water partition coefficient (Wildman–Crippen LogP) is -1.01. The summed E-state index contributed by atoms with van der Waals surface area (Å²) in [4.78, 5) is 27.7. The summed E-state index contributed by atoms with van der Waals surface area (Å²) in [7, 11) is -7.72. The predicted molar refractivity (Wildman–Crippen MR) is 160 cm³/mol. The van der Waals surface area contributed by atoms with Crippen LogP contribution in [0, 0.1) is 13.8 Å². The van der Waals surface area contributed by atoms with Gasteiger partial charge in [0.15, 0.2) is 0 Å². The molecule has 244 valence electrons. The lowest BCUT2D eigenvalue weighted by Gasteiger charge is -2.30. The average molecular weight is 657 g/mol. The Balaban J connectivity index is 0.000000240. The molecule has 2 amide bonds. The van der Waals surface area contributed by atoms with E-state index in [0.29, 0.717) is 52.6 Å². The number of nitrogens with zero attached hydrogens (tertiary/aromatic N) is 2. The van der Waals surface area contributed by atoms with E-state index in [-0.39, 0.29) is 9.79 Å². The number of aliphatic hydroxyl groups excluding tert-OH is 2. The minimum absolute atomic E-state index is 0.0614. The van der Waals surface area contributed by atoms with Gasteiger partial charge >= 0.3 is 0 Å². The third kappa shape index (κ3) is 10.0. The van der Waals surface area contributed by atoms with Gasteiger partial charge < -0.3 is 29.5 Å². The fourth-order valence-corrected chi connectivity index (χ4v) is 6.65. The highest BCUT2D eigenvalue weighted by Gasteiger charge is 2.31. The molecule has 4 rings (SSSR count). The van der Waals surface area contributed by atoms with Gasteiger partial charge in [0.25, 0.3) is 0 Å². The van der Waals surface area contributed by atoms with Gasteiger partial charge in [-0.15, -0.1) is 0 Å². The van der Waals surface area contributed by atoms with Crippen molar-refractivity contribution in [2.24, 2.45) is 0 Å². The number of benzene rings is 2. The number of aliphatic hydroxyl groups is 2. The fourth-order valence-electron chi connectivity index (χ4n) is 4.29. The Hall–Kier alpha value is -2.96.